The number of hydrogen-bond acceptors (Lipinski definition) is 5. The molecule has 0 bridgehead atoms. The predicted octanol–water partition coefficient (Wildman–Crippen LogP) is 4.14. The highest BCUT2D eigenvalue weighted by Crippen LogP contribution is 2.36. The quantitative estimate of drug-likeness (QED) is 0.684. The normalized spacial score (nSPS) is 18.1. The van der Waals surface area contributed by atoms with Crippen molar-refractivity contribution in [2.45, 2.75) is 51.1 Å². The summed E-state index contributed by atoms with van der Waals surface area (Å²) in [6, 6.07) is 6.83. The first-order valence-electron chi connectivity index (χ1n) is 10.8. The molecule has 0 spiro atoms. The van der Waals surface area contributed by atoms with E-state index in [-0.39, 0.29) is 24.0 Å². The molecular weight excluding hydrogens is 425 g/mol. The van der Waals surface area contributed by atoms with Gasteiger partial charge in [-0.2, -0.15) is 13.2 Å². The summed E-state index contributed by atoms with van der Waals surface area (Å²) < 4.78 is 55.9. The predicted molar refractivity (Wildman–Crippen MR) is 114 cm³/mol. The number of nitrogens with one attached hydrogen (secondary N) is 1. The zero-order chi connectivity index (χ0) is 22.7. The summed E-state index contributed by atoms with van der Waals surface area (Å²) in [4.78, 5) is 12.7. The van der Waals surface area contributed by atoms with Crippen LogP contribution in [-0.4, -0.2) is 43.7 Å². The van der Waals surface area contributed by atoms with Gasteiger partial charge in [0.15, 0.2) is 6.61 Å². The largest absolute Gasteiger partial charge is 0.484 e. The van der Waals surface area contributed by atoms with E-state index in [1.807, 2.05) is 12.1 Å². The summed E-state index contributed by atoms with van der Waals surface area (Å²) in [6.07, 6.45) is -0.584. The number of anilines is 1. The molecule has 2 aliphatic heterocycles. The van der Waals surface area contributed by atoms with Crippen molar-refractivity contribution in [3.8, 4) is 17.0 Å². The molecule has 9 heteroatoms. The molecule has 1 unspecified atom stereocenters. The lowest BCUT2D eigenvalue weighted by Crippen LogP contribution is -2.29. The van der Waals surface area contributed by atoms with Gasteiger partial charge < -0.3 is 24.1 Å². The summed E-state index contributed by atoms with van der Waals surface area (Å²) >= 11 is 0. The van der Waals surface area contributed by atoms with E-state index in [2.05, 4.69) is 5.32 Å². The van der Waals surface area contributed by atoms with E-state index < -0.39 is 12.8 Å². The molecule has 32 heavy (non-hydrogen) atoms. The molecule has 2 aliphatic rings. The highest BCUT2D eigenvalue weighted by Gasteiger charge is 2.29. The van der Waals surface area contributed by atoms with Gasteiger partial charge in [0.2, 0.25) is 0 Å². The van der Waals surface area contributed by atoms with Crippen LogP contribution in [0.2, 0.25) is 0 Å². The number of pyridine rings is 1. The van der Waals surface area contributed by atoms with E-state index in [4.69, 9.17) is 14.2 Å². The van der Waals surface area contributed by atoms with Gasteiger partial charge in [0.25, 0.3) is 5.56 Å². The van der Waals surface area contributed by atoms with Gasteiger partial charge in [0.1, 0.15) is 5.75 Å². The van der Waals surface area contributed by atoms with Crippen molar-refractivity contribution in [1.29, 1.82) is 0 Å². The molecule has 1 aromatic heterocycles. The molecule has 0 aliphatic carbocycles. The minimum absolute atomic E-state index is 0.105. The Morgan fingerprint density at radius 2 is 2.06 bits per heavy atom. The molecule has 1 N–H and O–H groups in total. The second-order valence-electron chi connectivity index (χ2n) is 8.19. The number of aromatic nitrogens is 1. The van der Waals surface area contributed by atoms with Crippen molar-refractivity contribution in [3.05, 3.63) is 45.7 Å². The van der Waals surface area contributed by atoms with Crippen LogP contribution >= 0.6 is 0 Å². The number of ether oxygens (including phenoxy) is 3. The van der Waals surface area contributed by atoms with Gasteiger partial charge in [-0.25, -0.2) is 0 Å². The van der Waals surface area contributed by atoms with Gasteiger partial charge in [0, 0.05) is 49.7 Å². The Balaban J connectivity index is 1.65. The summed E-state index contributed by atoms with van der Waals surface area (Å²) in [5.41, 5.74) is 3.37. The maximum Gasteiger partial charge on any atom is 0.422 e. The highest BCUT2D eigenvalue weighted by atomic mass is 19.4. The minimum Gasteiger partial charge on any atom is -0.484 e. The molecule has 1 fully saturated rings. The second-order valence-corrected chi connectivity index (χ2v) is 8.19. The Morgan fingerprint density at radius 3 is 2.78 bits per heavy atom. The molecule has 1 saturated heterocycles. The highest BCUT2D eigenvalue weighted by molar-refractivity contribution is 5.71. The van der Waals surface area contributed by atoms with Crippen LogP contribution in [0, 0.1) is 0 Å². The van der Waals surface area contributed by atoms with E-state index in [1.54, 1.807) is 16.7 Å². The summed E-state index contributed by atoms with van der Waals surface area (Å²) in [5.74, 6) is 0.109. The third-order valence-electron chi connectivity index (χ3n) is 5.79. The van der Waals surface area contributed by atoms with Crippen LogP contribution in [0.4, 0.5) is 18.9 Å². The van der Waals surface area contributed by atoms with Crippen molar-refractivity contribution in [3.63, 3.8) is 0 Å². The Morgan fingerprint density at radius 1 is 1.22 bits per heavy atom. The second kappa shape index (κ2) is 9.54. The monoisotopic (exact) mass is 452 g/mol. The molecule has 0 saturated carbocycles. The first kappa shape index (κ1) is 22.7. The summed E-state index contributed by atoms with van der Waals surface area (Å²) in [7, 11) is 1.48. The zero-order valence-electron chi connectivity index (χ0n) is 18.0. The molecule has 1 aromatic carbocycles. The first-order valence-corrected chi connectivity index (χ1v) is 10.8. The standard InChI is InChI=1S/C23H27F3N2O4/c1-30-13-16-8-15-5-6-28-20(19(15)11-21(16)32-14-23(24,25)26)9-17(10-22(28)29)27-12-18-4-2-3-7-31-18/h8-11,18,27H,2-7,12-14H2,1H3. The zero-order valence-corrected chi connectivity index (χ0v) is 18.0. The van der Waals surface area contributed by atoms with Crippen molar-refractivity contribution in [2.24, 2.45) is 0 Å². The topological polar surface area (TPSA) is 61.7 Å². The molecule has 2 aromatic rings. The molecule has 3 heterocycles. The van der Waals surface area contributed by atoms with Crippen LogP contribution in [-0.2, 0) is 29.0 Å². The lowest BCUT2D eigenvalue weighted by atomic mass is 9.94. The smallest absolute Gasteiger partial charge is 0.422 e. The molecule has 174 valence electrons. The Hall–Kier alpha value is -2.52. The lowest BCUT2D eigenvalue weighted by Gasteiger charge is -2.26. The Kier molecular flexibility index (Phi) is 6.76. The number of halogens is 3. The average molecular weight is 452 g/mol. The van der Waals surface area contributed by atoms with Crippen molar-refractivity contribution >= 4 is 5.69 Å². The Labute approximate surface area is 184 Å². The maximum atomic E-state index is 12.8. The van der Waals surface area contributed by atoms with E-state index in [0.717, 1.165) is 31.4 Å². The van der Waals surface area contributed by atoms with Gasteiger partial charge in [0.05, 0.1) is 18.4 Å². The molecule has 1 atom stereocenters. The number of hydrogen-bond donors (Lipinski definition) is 1. The number of alkyl halides is 3. The van der Waals surface area contributed by atoms with Crippen LogP contribution in [0.5, 0.6) is 5.75 Å². The molecule has 6 nitrogen and oxygen atoms in total. The number of aryl methyl sites for hydroxylation is 1. The lowest BCUT2D eigenvalue weighted by molar-refractivity contribution is -0.153. The van der Waals surface area contributed by atoms with E-state index in [0.29, 0.717) is 42.0 Å². The van der Waals surface area contributed by atoms with Gasteiger partial charge in [-0.3, -0.25) is 4.79 Å². The fraction of sp³-hybridized carbons (Fsp3) is 0.522. The van der Waals surface area contributed by atoms with Gasteiger partial charge in [-0.1, -0.05) is 0 Å². The van der Waals surface area contributed by atoms with E-state index in [9.17, 15) is 18.0 Å². The number of methoxy groups -OCH3 is 1. The van der Waals surface area contributed by atoms with Gasteiger partial charge in [-0.05, 0) is 49.4 Å². The third kappa shape index (κ3) is 5.27. The fourth-order valence-electron chi connectivity index (χ4n) is 4.27. The van der Waals surface area contributed by atoms with Crippen LogP contribution in [0.3, 0.4) is 0 Å². The average Bonchev–Trinajstić information content (AvgIpc) is 2.76. The first-order chi connectivity index (χ1) is 15.3. The Bertz CT molecular complexity index is 1010. The van der Waals surface area contributed by atoms with Gasteiger partial charge >= 0.3 is 6.18 Å². The molecular formula is C23H27F3N2O4. The van der Waals surface area contributed by atoms with E-state index >= 15 is 0 Å². The van der Waals surface area contributed by atoms with Gasteiger partial charge in [-0.15, -0.1) is 0 Å². The summed E-state index contributed by atoms with van der Waals surface area (Å²) in [5, 5.41) is 3.29. The van der Waals surface area contributed by atoms with Crippen LogP contribution in [0.25, 0.3) is 11.3 Å². The van der Waals surface area contributed by atoms with E-state index in [1.165, 1.54) is 7.11 Å². The number of benzene rings is 1. The summed E-state index contributed by atoms with van der Waals surface area (Å²) in [6.45, 7) is 0.594. The maximum absolute atomic E-state index is 12.8. The number of nitrogens with zero attached hydrogens (tertiary/aromatic N) is 1. The molecule has 0 amide bonds. The third-order valence-corrected chi connectivity index (χ3v) is 5.79. The minimum atomic E-state index is -4.45. The van der Waals surface area contributed by atoms with Crippen LogP contribution in [0.1, 0.15) is 30.4 Å². The fourth-order valence-corrected chi connectivity index (χ4v) is 4.27. The molecule has 4 rings (SSSR count). The van der Waals surface area contributed by atoms with Crippen molar-refractivity contribution < 1.29 is 27.4 Å². The molecule has 0 radical (unpaired) electrons. The van der Waals surface area contributed by atoms with Crippen LogP contribution < -0.4 is 15.6 Å². The SMILES string of the molecule is COCc1cc2c(cc1OCC(F)(F)F)-c1cc(NCC3CCCCO3)cc(=O)n1CC2. The van der Waals surface area contributed by atoms with Crippen molar-refractivity contribution in [2.75, 3.05) is 32.2 Å². The van der Waals surface area contributed by atoms with Crippen LogP contribution in [0.15, 0.2) is 29.1 Å². The number of rotatable bonds is 7. The number of fused-ring (bicyclic) bond motifs is 3. The van der Waals surface area contributed by atoms with Crippen molar-refractivity contribution in [1.82, 2.24) is 4.57 Å².